The Bertz CT molecular complexity index is 672. The highest BCUT2D eigenvalue weighted by atomic mass is 35.5. The topological polar surface area (TPSA) is 27.9 Å². The summed E-state index contributed by atoms with van der Waals surface area (Å²) < 4.78 is 0. The Labute approximate surface area is 159 Å². The van der Waals surface area contributed by atoms with Gasteiger partial charge in [-0.25, -0.2) is 0 Å². The molecule has 1 fully saturated rings. The molecule has 3 nitrogen and oxygen atoms in total. The Balaban J connectivity index is 1.41. The fourth-order valence-corrected chi connectivity index (χ4v) is 4.19. The van der Waals surface area contributed by atoms with Crippen LogP contribution in [0.4, 0.5) is 5.69 Å². The molecule has 0 radical (unpaired) electrons. The molecule has 0 amide bonds. The molecular formula is C20H26ClN2OS+. The van der Waals surface area contributed by atoms with E-state index in [1.54, 1.807) is 11.8 Å². The van der Waals surface area contributed by atoms with E-state index in [0.717, 1.165) is 43.5 Å². The first-order valence-electron chi connectivity index (χ1n) is 8.82. The molecule has 1 saturated heterocycles. The van der Waals surface area contributed by atoms with Crippen LogP contribution in [0.25, 0.3) is 0 Å². The van der Waals surface area contributed by atoms with Gasteiger partial charge < -0.3 is 14.9 Å². The number of nitrogens with one attached hydrogen (secondary N) is 1. The molecule has 3 rings (SSSR count). The molecule has 1 aliphatic heterocycles. The van der Waals surface area contributed by atoms with Crippen molar-refractivity contribution in [2.24, 2.45) is 0 Å². The van der Waals surface area contributed by atoms with Crippen molar-refractivity contribution in [2.75, 3.05) is 43.4 Å². The molecule has 2 aromatic rings. The highest BCUT2D eigenvalue weighted by molar-refractivity contribution is 7.99. The third kappa shape index (κ3) is 5.65. The highest BCUT2D eigenvalue weighted by Gasteiger charge is 2.22. The van der Waals surface area contributed by atoms with Crippen molar-refractivity contribution in [3.05, 3.63) is 59.1 Å². The van der Waals surface area contributed by atoms with E-state index in [1.165, 1.54) is 21.0 Å². The van der Waals surface area contributed by atoms with Crippen LogP contribution in [0.15, 0.2) is 53.4 Å². The molecule has 0 spiro atoms. The summed E-state index contributed by atoms with van der Waals surface area (Å²) in [6, 6.07) is 16.6. The lowest BCUT2D eigenvalue weighted by Crippen LogP contribution is -3.15. The zero-order valence-electron chi connectivity index (χ0n) is 14.6. The van der Waals surface area contributed by atoms with Gasteiger partial charge in [-0.1, -0.05) is 35.4 Å². The third-order valence-corrected chi connectivity index (χ3v) is 6.02. The molecule has 2 N–H and O–H groups in total. The number of quaternary nitrogens is 1. The molecule has 0 aromatic heterocycles. The molecule has 1 heterocycles. The molecule has 134 valence electrons. The van der Waals surface area contributed by atoms with Crippen LogP contribution in [-0.4, -0.2) is 49.7 Å². The van der Waals surface area contributed by atoms with Crippen LogP contribution < -0.4 is 9.80 Å². The first kappa shape index (κ1) is 18.6. The van der Waals surface area contributed by atoms with Crippen molar-refractivity contribution in [3.8, 4) is 0 Å². The number of halogens is 1. The minimum absolute atomic E-state index is 0.265. The van der Waals surface area contributed by atoms with Crippen LogP contribution in [0.5, 0.6) is 0 Å². The summed E-state index contributed by atoms with van der Waals surface area (Å²) in [6.07, 6.45) is -0.265. The van der Waals surface area contributed by atoms with Gasteiger partial charge >= 0.3 is 0 Å². The maximum atomic E-state index is 10.4. The predicted octanol–water partition coefficient (Wildman–Crippen LogP) is 2.51. The molecule has 2 aromatic carbocycles. The number of hydrogen-bond acceptors (Lipinski definition) is 3. The Hall–Kier alpha value is -1.20. The van der Waals surface area contributed by atoms with Crippen LogP contribution in [0.2, 0.25) is 5.02 Å². The van der Waals surface area contributed by atoms with Gasteiger partial charge in [0.05, 0.1) is 26.2 Å². The number of nitrogens with zero attached hydrogens (tertiary/aromatic N) is 1. The highest BCUT2D eigenvalue weighted by Crippen LogP contribution is 2.20. The van der Waals surface area contributed by atoms with Crippen molar-refractivity contribution in [1.29, 1.82) is 0 Å². The van der Waals surface area contributed by atoms with E-state index in [1.807, 2.05) is 18.2 Å². The summed E-state index contributed by atoms with van der Waals surface area (Å²) in [6.45, 7) is 7.04. The minimum Gasteiger partial charge on any atom is -0.386 e. The van der Waals surface area contributed by atoms with E-state index in [9.17, 15) is 5.11 Å². The zero-order chi connectivity index (χ0) is 17.6. The summed E-state index contributed by atoms with van der Waals surface area (Å²) in [5, 5.41) is 11.2. The molecule has 0 aliphatic carbocycles. The molecule has 0 unspecified atom stereocenters. The summed E-state index contributed by atoms with van der Waals surface area (Å²) in [7, 11) is 0. The van der Waals surface area contributed by atoms with Crippen LogP contribution in [0.3, 0.4) is 0 Å². The lowest BCUT2D eigenvalue weighted by molar-refractivity contribution is -0.903. The van der Waals surface area contributed by atoms with Gasteiger partial charge in [0.25, 0.3) is 0 Å². The second kappa shape index (κ2) is 8.95. The summed E-state index contributed by atoms with van der Waals surface area (Å²) in [4.78, 5) is 5.09. The van der Waals surface area contributed by atoms with E-state index in [0.29, 0.717) is 0 Å². The number of thioether (sulfide) groups is 1. The number of piperazine rings is 1. The van der Waals surface area contributed by atoms with Crippen LogP contribution in [0.1, 0.15) is 5.56 Å². The fraction of sp³-hybridized carbons (Fsp3) is 0.400. The smallest absolute Gasteiger partial charge is 0.112 e. The van der Waals surface area contributed by atoms with Crippen LogP contribution >= 0.6 is 23.4 Å². The molecule has 25 heavy (non-hydrogen) atoms. The molecule has 0 bridgehead atoms. The maximum absolute atomic E-state index is 10.4. The molecule has 1 aliphatic rings. The number of aliphatic hydroxyl groups is 1. The van der Waals surface area contributed by atoms with Gasteiger partial charge in [0.2, 0.25) is 0 Å². The van der Waals surface area contributed by atoms with Gasteiger partial charge in [0.1, 0.15) is 12.6 Å². The number of aryl methyl sites for hydroxylation is 1. The fourth-order valence-electron chi connectivity index (χ4n) is 3.18. The maximum Gasteiger partial charge on any atom is 0.112 e. The standard InChI is InChI=1S/C20H25ClN2OS/c1-16-5-7-20(8-6-16)25-15-19(24)14-22-9-11-23(12-10-22)18-4-2-3-17(21)13-18/h2-8,13,19,24H,9-12,14-15H2,1H3/p+1/t19-/m1/s1. The van der Waals surface area contributed by atoms with E-state index >= 15 is 0 Å². The SMILES string of the molecule is Cc1ccc(SC[C@H](O)C[NH+]2CCN(c3cccc(Cl)c3)CC2)cc1. The second-order valence-electron chi connectivity index (χ2n) is 6.70. The normalized spacial score (nSPS) is 16.8. The Morgan fingerprint density at radius 1 is 1.16 bits per heavy atom. The summed E-state index contributed by atoms with van der Waals surface area (Å²) >= 11 is 7.82. The van der Waals surface area contributed by atoms with Gasteiger partial charge in [-0.3, -0.25) is 0 Å². The van der Waals surface area contributed by atoms with E-state index in [2.05, 4.69) is 42.2 Å². The van der Waals surface area contributed by atoms with E-state index < -0.39 is 0 Å². The van der Waals surface area contributed by atoms with Gasteiger partial charge in [-0.2, -0.15) is 0 Å². The van der Waals surface area contributed by atoms with Gasteiger partial charge in [0.15, 0.2) is 0 Å². The molecular weight excluding hydrogens is 352 g/mol. The Kier molecular flexibility index (Phi) is 6.65. The summed E-state index contributed by atoms with van der Waals surface area (Å²) in [5.74, 6) is 0.755. The zero-order valence-corrected chi connectivity index (χ0v) is 16.2. The lowest BCUT2D eigenvalue weighted by atomic mass is 10.2. The van der Waals surface area contributed by atoms with Gasteiger partial charge in [0, 0.05) is 21.4 Å². The quantitative estimate of drug-likeness (QED) is 0.757. The molecule has 5 heteroatoms. The van der Waals surface area contributed by atoms with Crippen molar-refractivity contribution in [1.82, 2.24) is 0 Å². The van der Waals surface area contributed by atoms with Crippen molar-refractivity contribution in [3.63, 3.8) is 0 Å². The van der Waals surface area contributed by atoms with E-state index in [-0.39, 0.29) is 6.10 Å². The predicted molar refractivity (Wildman–Crippen MR) is 107 cm³/mol. The minimum atomic E-state index is -0.265. The number of hydrogen-bond donors (Lipinski definition) is 2. The Morgan fingerprint density at radius 3 is 2.56 bits per heavy atom. The average Bonchev–Trinajstić information content (AvgIpc) is 2.62. The van der Waals surface area contributed by atoms with Crippen molar-refractivity contribution < 1.29 is 10.0 Å². The van der Waals surface area contributed by atoms with Crippen LogP contribution in [-0.2, 0) is 0 Å². The van der Waals surface area contributed by atoms with Crippen LogP contribution in [0, 0.1) is 6.92 Å². The van der Waals surface area contributed by atoms with E-state index in [4.69, 9.17) is 11.6 Å². The van der Waals surface area contributed by atoms with Crippen molar-refractivity contribution in [2.45, 2.75) is 17.9 Å². The molecule has 0 saturated carbocycles. The first-order chi connectivity index (χ1) is 12.1. The number of anilines is 1. The molecule has 1 atom stereocenters. The van der Waals surface area contributed by atoms with Gasteiger partial charge in [-0.05, 0) is 37.3 Å². The monoisotopic (exact) mass is 377 g/mol. The van der Waals surface area contributed by atoms with Gasteiger partial charge in [-0.15, -0.1) is 11.8 Å². The summed E-state index contributed by atoms with van der Waals surface area (Å²) in [5.41, 5.74) is 2.47. The lowest BCUT2D eigenvalue weighted by Gasteiger charge is -2.34. The average molecular weight is 378 g/mol. The largest absolute Gasteiger partial charge is 0.386 e. The number of benzene rings is 2. The third-order valence-electron chi connectivity index (χ3n) is 4.63. The van der Waals surface area contributed by atoms with Crippen molar-refractivity contribution >= 4 is 29.1 Å². The number of rotatable bonds is 6. The number of aliphatic hydroxyl groups excluding tert-OH is 1. The second-order valence-corrected chi connectivity index (χ2v) is 8.23. The first-order valence-corrected chi connectivity index (χ1v) is 10.2. The Morgan fingerprint density at radius 2 is 1.88 bits per heavy atom.